The summed E-state index contributed by atoms with van der Waals surface area (Å²) in [5.41, 5.74) is 2.12. The Hall–Kier alpha value is -3.85. The Morgan fingerprint density at radius 2 is 1.83 bits per heavy atom. The number of rotatable bonds is 5. The third-order valence-electron chi connectivity index (χ3n) is 4.72. The predicted octanol–water partition coefficient (Wildman–Crippen LogP) is 3.14. The second-order valence-corrected chi connectivity index (χ2v) is 6.72. The number of hydrogen-bond acceptors (Lipinski definition) is 7. The van der Waals surface area contributed by atoms with E-state index in [1.54, 1.807) is 18.2 Å². The molecule has 1 N–H and O–H groups in total. The molecule has 0 radical (unpaired) electrons. The fourth-order valence-corrected chi connectivity index (χ4v) is 3.16. The number of nitro groups is 1. The van der Waals surface area contributed by atoms with Crippen LogP contribution in [0.3, 0.4) is 0 Å². The Balaban J connectivity index is 1.49. The SMILES string of the molecule is O=C(Nc1cccc(-c2ccc(N3CCOCC3)nn2)c1)c1cccc([N+](=O)[O-])c1. The summed E-state index contributed by atoms with van der Waals surface area (Å²) in [7, 11) is 0. The molecule has 1 saturated heterocycles. The van der Waals surface area contributed by atoms with E-state index >= 15 is 0 Å². The van der Waals surface area contributed by atoms with Gasteiger partial charge in [0.25, 0.3) is 11.6 Å². The quantitative estimate of drug-likeness (QED) is 0.513. The van der Waals surface area contributed by atoms with Gasteiger partial charge in [-0.15, -0.1) is 10.2 Å². The molecular weight excluding hydrogens is 386 g/mol. The van der Waals surface area contributed by atoms with Crippen molar-refractivity contribution in [2.75, 3.05) is 36.5 Å². The van der Waals surface area contributed by atoms with Crippen LogP contribution in [0.1, 0.15) is 10.4 Å². The molecule has 1 aliphatic heterocycles. The first kappa shape index (κ1) is 19.5. The fourth-order valence-electron chi connectivity index (χ4n) is 3.16. The van der Waals surface area contributed by atoms with Crippen LogP contribution in [0.15, 0.2) is 60.7 Å². The van der Waals surface area contributed by atoms with Gasteiger partial charge in [-0.2, -0.15) is 0 Å². The molecule has 2 heterocycles. The number of non-ortho nitro benzene ring substituents is 1. The number of morpholine rings is 1. The van der Waals surface area contributed by atoms with E-state index < -0.39 is 10.8 Å². The van der Waals surface area contributed by atoms with Gasteiger partial charge in [0.2, 0.25) is 0 Å². The number of carbonyl (C=O) groups is 1. The van der Waals surface area contributed by atoms with E-state index in [1.807, 2.05) is 18.2 Å². The Morgan fingerprint density at radius 3 is 2.57 bits per heavy atom. The molecule has 0 saturated carbocycles. The molecule has 152 valence electrons. The highest BCUT2D eigenvalue weighted by atomic mass is 16.6. The van der Waals surface area contributed by atoms with Crippen molar-refractivity contribution >= 4 is 23.1 Å². The first-order valence-electron chi connectivity index (χ1n) is 9.43. The lowest BCUT2D eigenvalue weighted by atomic mass is 10.1. The van der Waals surface area contributed by atoms with Gasteiger partial charge in [0.1, 0.15) is 0 Å². The Bertz CT molecular complexity index is 1070. The van der Waals surface area contributed by atoms with Crippen molar-refractivity contribution in [1.82, 2.24) is 10.2 Å². The summed E-state index contributed by atoms with van der Waals surface area (Å²) >= 11 is 0. The molecule has 0 aliphatic carbocycles. The number of nitro benzene ring substituents is 1. The van der Waals surface area contributed by atoms with Gasteiger partial charge < -0.3 is 15.0 Å². The number of nitrogens with one attached hydrogen (secondary N) is 1. The maximum Gasteiger partial charge on any atom is 0.270 e. The number of amides is 1. The highest BCUT2D eigenvalue weighted by Crippen LogP contribution is 2.23. The van der Waals surface area contributed by atoms with Crippen molar-refractivity contribution in [2.24, 2.45) is 0 Å². The second kappa shape index (κ2) is 8.66. The van der Waals surface area contributed by atoms with Crippen LogP contribution in [0.5, 0.6) is 0 Å². The number of carbonyl (C=O) groups excluding carboxylic acids is 1. The lowest BCUT2D eigenvalue weighted by Gasteiger charge is -2.27. The van der Waals surface area contributed by atoms with Crippen LogP contribution < -0.4 is 10.2 Å². The third kappa shape index (κ3) is 4.41. The molecule has 3 aromatic rings. The molecule has 1 aliphatic rings. The van der Waals surface area contributed by atoms with Gasteiger partial charge in [0, 0.05) is 42.0 Å². The van der Waals surface area contributed by atoms with E-state index in [1.165, 1.54) is 24.3 Å². The summed E-state index contributed by atoms with van der Waals surface area (Å²) in [6.07, 6.45) is 0. The van der Waals surface area contributed by atoms with Gasteiger partial charge in [-0.25, -0.2) is 0 Å². The summed E-state index contributed by atoms with van der Waals surface area (Å²) in [5, 5.41) is 22.3. The fraction of sp³-hybridized carbons (Fsp3) is 0.190. The molecule has 30 heavy (non-hydrogen) atoms. The van der Waals surface area contributed by atoms with Crippen molar-refractivity contribution in [3.63, 3.8) is 0 Å². The summed E-state index contributed by atoms with van der Waals surface area (Å²) in [6.45, 7) is 2.92. The van der Waals surface area contributed by atoms with Crippen LogP contribution in [0, 0.1) is 10.1 Å². The number of anilines is 2. The lowest BCUT2D eigenvalue weighted by Crippen LogP contribution is -2.36. The van der Waals surface area contributed by atoms with Crippen molar-refractivity contribution < 1.29 is 14.5 Å². The van der Waals surface area contributed by atoms with E-state index in [-0.39, 0.29) is 11.3 Å². The molecule has 1 fully saturated rings. The summed E-state index contributed by atoms with van der Waals surface area (Å²) < 4.78 is 5.35. The minimum absolute atomic E-state index is 0.132. The number of ether oxygens (including phenoxy) is 1. The minimum atomic E-state index is -0.531. The average molecular weight is 405 g/mol. The minimum Gasteiger partial charge on any atom is -0.378 e. The molecular formula is C21H19N5O4. The topological polar surface area (TPSA) is 110 Å². The Labute approximate surface area is 172 Å². The van der Waals surface area contributed by atoms with Crippen molar-refractivity contribution in [3.8, 4) is 11.3 Å². The largest absolute Gasteiger partial charge is 0.378 e. The molecule has 0 unspecified atom stereocenters. The van der Waals surface area contributed by atoms with Crippen LogP contribution in [-0.4, -0.2) is 47.3 Å². The molecule has 2 aromatic carbocycles. The molecule has 1 amide bonds. The number of hydrogen-bond donors (Lipinski definition) is 1. The zero-order valence-electron chi connectivity index (χ0n) is 16.0. The van der Waals surface area contributed by atoms with E-state index in [9.17, 15) is 14.9 Å². The maximum atomic E-state index is 12.5. The third-order valence-corrected chi connectivity index (χ3v) is 4.72. The number of nitrogens with zero attached hydrogens (tertiary/aromatic N) is 4. The van der Waals surface area contributed by atoms with Crippen LogP contribution in [0.25, 0.3) is 11.3 Å². The number of aromatic nitrogens is 2. The van der Waals surface area contributed by atoms with E-state index in [0.717, 1.165) is 24.5 Å². The lowest BCUT2D eigenvalue weighted by molar-refractivity contribution is -0.384. The van der Waals surface area contributed by atoms with Gasteiger partial charge in [0.15, 0.2) is 5.82 Å². The van der Waals surface area contributed by atoms with Gasteiger partial charge in [0.05, 0.1) is 23.8 Å². The molecule has 9 heteroatoms. The van der Waals surface area contributed by atoms with E-state index in [4.69, 9.17) is 4.74 Å². The van der Waals surface area contributed by atoms with E-state index in [0.29, 0.717) is 24.6 Å². The molecule has 0 atom stereocenters. The Morgan fingerprint density at radius 1 is 1.03 bits per heavy atom. The molecule has 9 nitrogen and oxygen atoms in total. The smallest absolute Gasteiger partial charge is 0.270 e. The summed E-state index contributed by atoms with van der Waals surface area (Å²) in [6, 6.07) is 16.6. The van der Waals surface area contributed by atoms with Gasteiger partial charge in [-0.05, 0) is 30.3 Å². The molecule has 4 rings (SSSR count). The standard InChI is InChI=1S/C21H19N5O4/c27-21(16-4-2-6-18(14-16)26(28)29)22-17-5-1-3-15(13-17)19-7-8-20(24-23-19)25-9-11-30-12-10-25/h1-8,13-14H,9-12H2,(H,22,27). The van der Waals surface area contributed by atoms with Crippen LogP contribution in [0.4, 0.5) is 17.2 Å². The maximum absolute atomic E-state index is 12.5. The zero-order valence-corrected chi connectivity index (χ0v) is 16.0. The second-order valence-electron chi connectivity index (χ2n) is 6.72. The molecule has 0 bridgehead atoms. The first-order valence-corrected chi connectivity index (χ1v) is 9.43. The van der Waals surface area contributed by atoms with Crippen molar-refractivity contribution in [2.45, 2.75) is 0 Å². The predicted molar refractivity (Wildman–Crippen MR) is 112 cm³/mol. The first-order chi connectivity index (χ1) is 14.6. The molecule has 1 aromatic heterocycles. The zero-order chi connectivity index (χ0) is 20.9. The van der Waals surface area contributed by atoms with Gasteiger partial charge >= 0.3 is 0 Å². The van der Waals surface area contributed by atoms with Crippen LogP contribution in [-0.2, 0) is 4.74 Å². The Kier molecular flexibility index (Phi) is 5.62. The summed E-state index contributed by atoms with van der Waals surface area (Å²) in [4.78, 5) is 25.0. The van der Waals surface area contributed by atoms with E-state index in [2.05, 4.69) is 20.4 Å². The van der Waals surface area contributed by atoms with Gasteiger partial charge in [-0.1, -0.05) is 18.2 Å². The highest BCUT2D eigenvalue weighted by molar-refractivity contribution is 6.04. The molecule has 0 spiro atoms. The van der Waals surface area contributed by atoms with Gasteiger partial charge in [-0.3, -0.25) is 14.9 Å². The average Bonchev–Trinajstić information content (AvgIpc) is 2.80. The van der Waals surface area contributed by atoms with Crippen LogP contribution in [0.2, 0.25) is 0 Å². The highest BCUT2D eigenvalue weighted by Gasteiger charge is 2.14. The number of benzene rings is 2. The monoisotopic (exact) mass is 405 g/mol. The summed E-state index contributed by atoms with van der Waals surface area (Å²) in [5.74, 6) is 0.377. The normalized spacial score (nSPS) is 13.7. The van der Waals surface area contributed by atoms with Crippen LogP contribution >= 0.6 is 0 Å². The van der Waals surface area contributed by atoms with Crippen molar-refractivity contribution in [1.29, 1.82) is 0 Å². The van der Waals surface area contributed by atoms with Crippen molar-refractivity contribution in [3.05, 3.63) is 76.3 Å².